The molecule has 0 aliphatic heterocycles. The molecule has 164 valence electrons. The number of nitrogens with one attached hydrogen (secondary N) is 2. The smallest absolute Gasteiger partial charge is 0.407 e. The minimum absolute atomic E-state index is 0.0280. The predicted molar refractivity (Wildman–Crippen MR) is 119 cm³/mol. The van der Waals surface area contributed by atoms with Gasteiger partial charge in [-0.15, -0.1) is 11.3 Å². The lowest BCUT2D eigenvalue weighted by Gasteiger charge is -2.14. The number of carboxylic acid groups (broad SMARTS) is 1. The second kappa shape index (κ2) is 9.19. The number of rotatable bonds is 7. The summed E-state index contributed by atoms with van der Waals surface area (Å²) in [5, 5.41) is 14.2. The number of aryl methyl sites for hydroxylation is 1. The van der Waals surface area contributed by atoms with Crippen molar-refractivity contribution in [1.82, 2.24) is 15.6 Å². The highest BCUT2D eigenvalue weighted by molar-refractivity contribution is 7.13. The molecule has 0 bridgehead atoms. The summed E-state index contributed by atoms with van der Waals surface area (Å²) in [4.78, 5) is 39.5. The van der Waals surface area contributed by atoms with Gasteiger partial charge in [-0.05, 0) is 29.2 Å². The molecule has 0 atom stereocenters. The number of alkyl carbamates (subject to hydrolysis) is 1. The van der Waals surface area contributed by atoms with E-state index in [1.807, 2.05) is 24.3 Å². The summed E-state index contributed by atoms with van der Waals surface area (Å²) in [6.45, 7) is 1.50. The zero-order valence-electron chi connectivity index (χ0n) is 17.3. The first-order valence-electron chi connectivity index (χ1n) is 9.99. The molecule has 0 fully saturated rings. The second-order valence-corrected chi connectivity index (χ2v) is 8.36. The van der Waals surface area contributed by atoms with Crippen LogP contribution in [-0.2, 0) is 16.1 Å². The number of amides is 2. The van der Waals surface area contributed by atoms with Crippen LogP contribution >= 0.6 is 11.3 Å². The van der Waals surface area contributed by atoms with Crippen molar-refractivity contribution in [2.45, 2.75) is 19.4 Å². The monoisotopic (exact) mass is 451 g/mol. The molecule has 1 aliphatic carbocycles. The highest BCUT2D eigenvalue weighted by atomic mass is 32.1. The van der Waals surface area contributed by atoms with Crippen molar-refractivity contribution < 1.29 is 24.2 Å². The Hall–Kier alpha value is -3.72. The molecule has 0 saturated heterocycles. The third kappa shape index (κ3) is 4.47. The molecule has 32 heavy (non-hydrogen) atoms. The van der Waals surface area contributed by atoms with Crippen LogP contribution in [0.15, 0.2) is 48.5 Å². The topological polar surface area (TPSA) is 118 Å². The molecule has 9 heteroatoms. The molecule has 2 aromatic carbocycles. The number of hydrogen-bond donors (Lipinski definition) is 3. The van der Waals surface area contributed by atoms with Gasteiger partial charge in [-0.2, -0.15) is 0 Å². The average molecular weight is 452 g/mol. The minimum atomic E-state index is -1.13. The normalized spacial score (nSPS) is 12.0. The van der Waals surface area contributed by atoms with E-state index in [4.69, 9.17) is 9.84 Å². The van der Waals surface area contributed by atoms with E-state index < -0.39 is 24.5 Å². The van der Waals surface area contributed by atoms with E-state index in [0.717, 1.165) is 33.6 Å². The van der Waals surface area contributed by atoms with Gasteiger partial charge in [0.1, 0.15) is 23.0 Å². The molecule has 0 unspecified atom stereocenters. The fraction of sp³-hybridized carbons (Fsp3) is 0.217. The van der Waals surface area contributed by atoms with Crippen molar-refractivity contribution >= 4 is 29.3 Å². The molecule has 1 aromatic heterocycles. The van der Waals surface area contributed by atoms with Gasteiger partial charge in [-0.25, -0.2) is 9.78 Å². The lowest BCUT2D eigenvalue weighted by atomic mass is 9.98. The summed E-state index contributed by atoms with van der Waals surface area (Å²) >= 11 is 1.10. The van der Waals surface area contributed by atoms with Crippen LogP contribution in [0.25, 0.3) is 11.1 Å². The van der Waals surface area contributed by atoms with Crippen LogP contribution in [0.4, 0.5) is 4.79 Å². The summed E-state index contributed by atoms with van der Waals surface area (Å²) in [6.07, 6.45) is -0.573. The molecule has 1 aliphatic rings. The van der Waals surface area contributed by atoms with Crippen molar-refractivity contribution in [2.24, 2.45) is 0 Å². The summed E-state index contributed by atoms with van der Waals surface area (Å²) in [7, 11) is 0. The molecule has 3 aromatic rings. The number of nitrogens with zero attached hydrogens (tertiary/aromatic N) is 1. The fourth-order valence-corrected chi connectivity index (χ4v) is 4.69. The lowest BCUT2D eigenvalue weighted by molar-refractivity contribution is -0.135. The number of aliphatic carboxylic acids is 1. The number of aromatic nitrogens is 1. The Bertz CT molecular complexity index is 1140. The molecule has 4 rings (SSSR count). The van der Waals surface area contributed by atoms with Gasteiger partial charge >= 0.3 is 12.1 Å². The first-order valence-corrected chi connectivity index (χ1v) is 10.8. The van der Waals surface area contributed by atoms with E-state index in [2.05, 4.69) is 39.9 Å². The van der Waals surface area contributed by atoms with Gasteiger partial charge in [-0.1, -0.05) is 48.5 Å². The molecule has 3 N–H and O–H groups in total. The Balaban J connectivity index is 1.34. The van der Waals surface area contributed by atoms with Gasteiger partial charge in [0, 0.05) is 5.92 Å². The quantitative estimate of drug-likeness (QED) is 0.507. The van der Waals surface area contributed by atoms with E-state index in [0.29, 0.717) is 15.6 Å². The third-order valence-electron chi connectivity index (χ3n) is 5.17. The zero-order chi connectivity index (χ0) is 22.7. The van der Waals surface area contributed by atoms with E-state index in [1.54, 1.807) is 6.92 Å². The van der Waals surface area contributed by atoms with Crippen LogP contribution in [-0.4, -0.2) is 41.2 Å². The number of carbonyl (C=O) groups is 3. The van der Waals surface area contributed by atoms with Gasteiger partial charge in [0.2, 0.25) is 0 Å². The number of fused-ring (bicyclic) bond motifs is 3. The van der Waals surface area contributed by atoms with Crippen molar-refractivity contribution in [3.05, 3.63) is 75.2 Å². The molecule has 2 amide bonds. The Morgan fingerprint density at radius 3 is 2.28 bits per heavy atom. The van der Waals surface area contributed by atoms with Gasteiger partial charge in [0.25, 0.3) is 5.91 Å². The Kier molecular flexibility index (Phi) is 6.18. The summed E-state index contributed by atoms with van der Waals surface area (Å²) in [5.41, 5.74) is 5.05. The van der Waals surface area contributed by atoms with Crippen molar-refractivity contribution in [2.75, 3.05) is 13.2 Å². The number of benzene rings is 2. The van der Waals surface area contributed by atoms with E-state index in [9.17, 15) is 14.4 Å². The first-order chi connectivity index (χ1) is 15.4. The SMILES string of the molecule is Cc1nc(CNC(=O)OCC2c3ccccc3-c3ccccc32)sc1C(=O)NCC(=O)O. The molecule has 0 saturated carbocycles. The number of thiazole rings is 1. The number of carboxylic acids is 1. The molecular formula is C23H21N3O5S. The van der Waals surface area contributed by atoms with Crippen LogP contribution in [0.1, 0.15) is 37.4 Å². The lowest BCUT2D eigenvalue weighted by Crippen LogP contribution is -2.29. The predicted octanol–water partition coefficient (Wildman–Crippen LogP) is 3.30. The number of carbonyl (C=O) groups excluding carboxylic acids is 2. The second-order valence-electron chi connectivity index (χ2n) is 7.28. The van der Waals surface area contributed by atoms with Gasteiger partial charge < -0.3 is 20.5 Å². The van der Waals surface area contributed by atoms with Gasteiger partial charge in [-0.3, -0.25) is 9.59 Å². The van der Waals surface area contributed by atoms with Crippen LogP contribution in [0.3, 0.4) is 0 Å². The summed E-state index contributed by atoms with van der Waals surface area (Å²) in [5.74, 6) is -1.66. The van der Waals surface area contributed by atoms with Gasteiger partial charge in [0.05, 0.1) is 12.2 Å². The summed E-state index contributed by atoms with van der Waals surface area (Å²) in [6, 6.07) is 16.2. The number of hydrogen-bond acceptors (Lipinski definition) is 6. The van der Waals surface area contributed by atoms with Crippen LogP contribution < -0.4 is 10.6 Å². The van der Waals surface area contributed by atoms with Crippen molar-refractivity contribution in [1.29, 1.82) is 0 Å². The maximum atomic E-state index is 12.3. The first kappa shape index (κ1) is 21.5. The van der Waals surface area contributed by atoms with Gasteiger partial charge in [0.15, 0.2) is 0 Å². The third-order valence-corrected chi connectivity index (χ3v) is 6.33. The molecule has 1 heterocycles. The number of ether oxygens (including phenoxy) is 1. The standard InChI is InChI=1S/C23H21N3O5S/c1-13-21(22(29)24-11-20(27)28)32-19(26-13)10-25-23(30)31-12-18-16-8-4-2-6-14(16)15-7-3-5-9-17(15)18/h2-9,18H,10-12H2,1H3,(H,24,29)(H,25,30)(H,27,28). The van der Waals surface area contributed by atoms with E-state index in [1.165, 1.54) is 0 Å². The maximum Gasteiger partial charge on any atom is 0.407 e. The maximum absolute atomic E-state index is 12.3. The largest absolute Gasteiger partial charge is 0.480 e. The Morgan fingerprint density at radius 2 is 1.66 bits per heavy atom. The van der Waals surface area contributed by atoms with E-state index in [-0.39, 0.29) is 19.1 Å². The molecular weight excluding hydrogens is 430 g/mol. The van der Waals surface area contributed by atoms with Crippen LogP contribution in [0, 0.1) is 6.92 Å². The fourth-order valence-electron chi connectivity index (χ4n) is 3.77. The van der Waals surface area contributed by atoms with Crippen molar-refractivity contribution in [3.8, 4) is 11.1 Å². The molecule has 0 spiro atoms. The highest BCUT2D eigenvalue weighted by Gasteiger charge is 2.29. The zero-order valence-corrected chi connectivity index (χ0v) is 18.1. The van der Waals surface area contributed by atoms with E-state index >= 15 is 0 Å². The van der Waals surface area contributed by atoms with Crippen LogP contribution in [0.5, 0.6) is 0 Å². The minimum Gasteiger partial charge on any atom is -0.480 e. The average Bonchev–Trinajstić information content (AvgIpc) is 3.32. The highest BCUT2D eigenvalue weighted by Crippen LogP contribution is 2.44. The molecule has 0 radical (unpaired) electrons. The molecule has 8 nitrogen and oxygen atoms in total. The summed E-state index contributed by atoms with van der Waals surface area (Å²) < 4.78 is 5.49. The Labute approximate surface area is 188 Å². The van der Waals surface area contributed by atoms with Crippen molar-refractivity contribution in [3.63, 3.8) is 0 Å². The Morgan fingerprint density at radius 1 is 1.03 bits per heavy atom. The van der Waals surface area contributed by atoms with Crippen LogP contribution in [0.2, 0.25) is 0 Å².